The normalized spacial score (nSPS) is 12.2. The molecule has 0 saturated heterocycles. The molecule has 0 saturated carbocycles. The number of rotatable bonds is 5. The van der Waals surface area contributed by atoms with Crippen molar-refractivity contribution in [1.82, 2.24) is 15.3 Å². The summed E-state index contributed by atoms with van der Waals surface area (Å²) >= 11 is 3.58. The lowest BCUT2D eigenvalue weighted by Gasteiger charge is -2.20. The lowest BCUT2D eigenvalue weighted by molar-refractivity contribution is 0.383. The largest absolute Gasteiger partial charge is 0.480 e. The van der Waals surface area contributed by atoms with Gasteiger partial charge in [0.25, 0.3) is 0 Å². The molecule has 0 bridgehead atoms. The first-order valence-electron chi connectivity index (χ1n) is 6.51. The van der Waals surface area contributed by atoms with E-state index in [1.807, 2.05) is 0 Å². The summed E-state index contributed by atoms with van der Waals surface area (Å²) in [6.45, 7) is 4.97. The number of benzene rings is 1. The second kappa shape index (κ2) is 6.81. The van der Waals surface area contributed by atoms with Crippen LogP contribution in [0.15, 0.2) is 35.1 Å². The molecule has 1 heterocycles. The number of ether oxygens (including phenoxy) is 1. The van der Waals surface area contributed by atoms with Crippen molar-refractivity contribution in [3.63, 3.8) is 0 Å². The molecule has 0 aliphatic heterocycles. The molecule has 0 aliphatic rings. The molecule has 106 valence electrons. The monoisotopic (exact) mass is 335 g/mol. The SMILES string of the molecule is CCNC(c1ccc(C)c(Br)c1)c1nccnc1OC. The molecule has 4 nitrogen and oxygen atoms in total. The predicted octanol–water partition coefficient (Wildman–Crippen LogP) is 3.26. The van der Waals surface area contributed by atoms with E-state index in [0.717, 1.165) is 22.3 Å². The van der Waals surface area contributed by atoms with Crippen LogP contribution >= 0.6 is 15.9 Å². The quantitative estimate of drug-likeness (QED) is 0.910. The maximum Gasteiger partial charge on any atom is 0.237 e. The van der Waals surface area contributed by atoms with E-state index >= 15 is 0 Å². The number of methoxy groups -OCH3 is 1. The highest BCUT2D eigenvalue weighted by Gasteiger charge is 2.20. The molecule has 1 atom stereocenters. The standard InChI is InChI=1S/C15H18BrN3O/c1-4-17-13(11-6-5-10(2)12(16)9-11)14-15(20-3)19-8-7-18-14/h5-9,13,17H,4H2,1-3H3. The molecular formula is C15H18BrN3O. The third-order valence-electron chi connectivity index (χ3n) is 3.10. The van der Waals surface area contributed by atoms with E-state index in [4.69, 9.17) is 4.74 Å². The lowest BCUT2D eigenvalue weighted by Crippen LogP contribution is -2.24. The highest BCUT2D eigenvalue weighted by Crippen LogP contribution is 2.29. The molecule has 1 aromatic carbocycles. The van der Waals surface area contributed by atoms with Crippen LogP contribution in [0.25, 0.3) is 0 Å². The predicted molar refractivity (Wildman–Crippen MR) is 83.0 cm³/mol. The molecule has 0 spiro atoms. The average molecular weight is 336 g/mol. The molecule has 5 heteroatoms. The maximum absolute atomic E-state index is 5.32. The van der Waals surface area contributed by atoms with Gasteiger partial charge in [-0.15, -0.1) is 0 Å². The van der Waals surface area contributed by atoms with Gasteiger partial charge in [-0.1, -0.05) is 35.0 Å². The minimum Gasteiger partial charge on any atom is -0.480 e. The number of aryl methyl sites for hydroxylation is 1. The minimum atomic E-state index is -0.0412. The van der Waals surface area contributed by atoms with Crippen molar-refractivity contribution in [1.29, 1.82) is 0 Å². The summed E-state index contributed by atoms with van der Waals surface area (Å²) in [5, 5.41) is 3.43. The van der Waals surface area contributed by atoms with Crippen LogP contribution < -0.4 is 10.1 Å². The number of hydrogen-bond acceptors (Lipinski definition) is 4. The molecule has 0 radical (unpaired) electrons. The van der Waals surface area contributed by atoms with Gasteiger partial charge in [-0.25, -0.2) is 4.98 Å². The van der Waals surface area contributed by atoms with Crippen LogP contribution in [0.1, 0.15) is 29.8 Å². The van der Waals surface area contributed by atoms with Crippen molar-refractivity contribution in [3.8, 4) is 5.88 Å². The van der Waals surface area contributed by atoms with Crippen LogP contribution in [-0.2, 0) is 0 Å². The average Bonchev–Trinajstić information content (AvgIpc) is 2.48. The Labute approximate surface area is 127 Å². The molecule has 0 fully saturated rings. The fourth-order valence-corrected chi connectivity index (χ4v) is 2.45. The summed E-state index contributed by atoms with van der Waals surface area (Å²) in [5.74, 6) is 0.551. The van der Waals surface area contributed by atoms with Gasteiger partial charge < -0.3 is 10.1 Å². The van der Waals surface area contributed by atoms with Crippen LogP contribution in [0.3, 0.4) is 0 Å². The topological polar surface area (TPSA) is 47.0 Å². The Morgan fingerprint density at radius 2 is 2.05 bits per heavy atom. The van der Waals surface area contributed by atoms with E-state index in [0.29, 0.717) is 5.88 Å². The molecule has 0 aliphatic carbocycles. The Hall–Kier alpha value is -1.46. The summed E-state index contributed by atoms with van der Waals surface area (Å²) < 4.78 is 6.41. The molecule has 2 rings (SSSR count). The van der Waals surface area contributed by atoms with E-state index < -0.39 is 0 Å². The zero-order valence-corrected chi connectivity index (χ0v) is 13.4. The summed E-state index contributed by atoms with van der Waals surface area (Å²) in [5.41, 5.74) is 3.13. The minimum absolute atomic E-state index is 0.0412. The number of hydrogen-bond donors (Lipinski definition) is 1. The Morgan fingerprint density at radius 1 is 1.30 bits per heavy atom. The Morgan fingerprint density at radius 3 is 2.70 bits per heavy atom. The van der Waals surface area contributed by atoms with E-state index in [2.05, 4.69) is 63.3 Å². The second-order valence-corrected chi connectivity index (χ2v) is 5.30. The summed E-state index contributed by atoms with van der Waals surface area (Å²) in [7, 11) is 1.61. The van der Waals surface area contributed by atoms with Crippen LogP contribution in [0, 0.1) is 6.92 Å². The van der Waals surface area contributed by atoms with E-state index in [-0.39, 0.29) is 6.04 Å². The molecule has 1 unspecified atom stereocenters. The third kappa shape index (κ3) is 3.16. The maximum atomic E-state index is 5.32. The van der Waals surface area contributed by atoms with E-state index in [1.54, 1.807) is 19.5 Å². The zero-order chi connectivity index (χ0) is 14.5. The highest BCUT2D eigenvalue weighted by atomic mass is 79.9. The van der Waals surface area contributed by atoms with Crippen molar-refractivity contribution >= 4 is 15.9 Å². The van der Waals surface area contributed by atoms with Gasteiger partial charge in [0.15, 0.2) is 0 Å². The Bertz CT molecular complexity index is 589. The fourth-order valence-electron chi connectivity index (χ4n) is 2.06. The van der Waals surface area contributed by atoms with E-state index in [1.165, 1.54) is 5.56 Å². The van der Waals surface area contributed by atoms with Crippen LogP contribution in [0.4, 0.5) is 0 Å². The van der Waals surface area contributed by atoms with Crippen molar-refractivity contribution in [2.75, 3.05) is 13.7 Å². The van der Waals surface area contributed by atoms with Gasteiger partial charge in [-0.2, -0.15) is 0 Å². The third-order valence-corrected chi connectivity index (χ3v) is 3.95. The van der Waals surface area contributed by atoms with Crippen molar-refractivity contribution in [2.45, 2.75) is 19.9 Å². The van der Waals surface area contributed by atoms with Gasteiger partial charge in [0.05, 0.1) is 13.2 Å². The Balaban J connectivity index is 2.47. The molecule has 20 heavy (non-hydrogen) atoms. The van der Waals surface area contributed by atoms with Crippen LogP contribution in [0.5, 0.6) is 5.88 Å². The summed E-state index contributed by atoms with van der Waals surface area (Å²) in [6.07, 6.45) is 3.32. The van der Waals surface area contributed by atoms with E-state index in [9.17, 15) is 0 Å². The van der Waals surface area contributed by atoms with Crippen LogP contribution in [0.2, 0.25) is 0 Å². The fraction of sp³-hybridized carbons (Fsp3) is 0.333. The molecular weight excluding hydrogens is 318 g/mol. The van der Waals surface area contributed by atoms with Gasteiger partial charge in [-0.3, -0.25) is 4.98 Å². The smallest absolute Gasteiger partial charge is 0.237 e. The first-order valence-corrected chi connectivity index (χ1v) is 7.31. The zero-order valence-electron chi connectivity index (χ0n) is 11.9. The van der Waals surface area contributed by atoms with Gasteiger partial charge in [0, 0.05) is 16.9 Å². The first kappa shape index (κ1) is 14.9. The molecule has 2 aromatic rings. The van der Waals surface area contributed by atoms with Crippen molar-refractivity contribution in [2.24, 2.45) is 0 Å². The summed E-state index contributed by atoms with van der Waals surface area (Å²) in [4.78, 5) is 8.66. The molecule has 0 amide bonds. The second-order valence-electron chi connectivity index (χ2n) is 4.45. The molecule has 1 N–H and O–H groups in total. The highest BCUT2D eigenvalue weighted by molar-refractivity contribution is 9.10. The van der Waals surface area contributed by atoms with Gasteiger partial charge in [0.2, 0.25) is 5.88 Å². The lowest BCUT2D eigenvalue weighted by atomic mass is 10.0. The van der Waals surface area contributed by atoms with Crippen molar-refractivity contribution in [3.05, 3.63) is 51.9 Å². The number of nitrogens with one attached hydrogen (secondary N) is 1. The van der Waals surface area contributed by atoms with Crippen LogP contribution in [-0.4, -0.2) is 23.6 Å². The van der Waals surface area contributed by atoms with Gasteiger partial charge >= 0.3 is 0 Å². The first-order chi connectivity index (χ1) is 9.67. The van der Waals surface area contributed by atoms with Gasteiger partial charge in [0.1, 0.15) is 5.69 Å². The van der Waals surface area contributed by atoms with Crippen molar-refractivity contribution < 1.29 is 4.74 Å². The number of nitrogens with zero attached hydrogens (tertiary/aromatic N) is 2. The summed E-state index contributed by atoms with van der Waals surface area (Å²) in [6, 6.07) is 6.26. The van der Waals surface area contributed by atoms with Gasteiger partial charge in [-0.05, 0) is 30.7 Å². The Kier molecular flexibility index (Phi) is 5.09. The number of halogens is 1. The number of aromatic nitrogens is 2. The molecule has 1 aromatic heterocycles.